The number of sulfone groups is 1. The van der Waals surface area contributed by atoms with E-state index in [1.165, 1.54) is 0 Å². The number of hydrogen-bond acceptors (Lipinski definition) is 4. The lowest BCUT2D eigenvalue weighted by molar-refractivity contribution is 0.0601. The molecule has 5 nitrogen and oxygen atoms in total. The molecule has 1 saturated carbocycles. The molecule has 1 unspecified atom stereocenters. The first-order valence-corrected chi connectivity index (χ1v) is 9.85. The molecular weight excluding hydrogens is 312 g/mol. The van der Waals surface area contributed by atoms with Crippen LogP contribution in [0.1, 0.15) is 48.0 Å². The summed E-state index contributed by atoms with van der Waals surface area (Å²) in [5.41, 5.74) is 0.918. The maximum absolute atomic E-state index is 13.0. The van der Waals surface area contributed by atoms with Crippen LogP contribution in [0.2, 0.25) is 0 Å². The van der Waals surface area contributed by atoms with Crippen LogP contribution in [0.15, 0.2) is 24.3 Å². The normalized spacial score (nSPS) is 23.5. The third-order valence-corrected chi connectivity index (χ3v) is 6.54. The highest BCUT2D eigenvalue weighted by molar-refractivity contribution is 7.91. The Kier molecular flexibility index (Phi) is 4.40. The molecule has 0 radical (unpaired) electrons. The fraction of sp³-hybridized carbons (Fsp3) is 0.529. The molecule has 1 aliphatic carbocycles. The summed E-state index contributed by atoms with van der Waals surface area (Å²) in [6.07, 6.45) is 4.53. The molecule has 2 fully saturated rings. The van der Waals surface area contributed by atoms with Gasteiger partial charge in [-0.2, -0.15) is 5.26 Å². The van der Waals surface area contributed by atoms with Crippen molar-refractivity contribution < 1.29 is 13.2 Å². The second kappa shape index (κ2) is 6.32. The van der Waals surface area contributed by atoms with Gasteiger partial charge in [0.05, 0.1) is 23.1 Å². The van der Waals surface area contributed by atoms with Crippen molar-refractivity contribution in [2.45, 2.75) is 44.2 Å². The van der Waals surface area contributed by atoms with Gasteiger partial charge in [-0.25, -0.2) is 8.42 Å². The van der Waals surface area contributed by atoms with Crippen LogP contribution in [0.3, 0.4) is 0 Å². The first-order chi connectivity index (χ1) is 11.0. The molecule has 1 heterocycles. The van der Waals surface area contributed by atoms with E-state index >= 15 is 0 Å². The molecule has 1 aromatic rings. The minimum Gasteiger partial charge on any atom is -0.332 e. The van der Waals surface area contributed by atoms with Gasteiger partial charge in [0.25, 0.3) is 5.91 Å². The molecule has 23 heavy (non-hydrogen) atoms. The van der Waals surface area contributed by atoms with Gasteiger partial charge in [0.15, 0.2) is 9.84 Å². The second-order valence-corrected chi connectivity index (χ2v) is 8.63. The SMILES string of the molecule is N#Cc1cccc(C(=O)N(C2CCCC2)C2CCS(=O)(=O)C2)c1. The molecule has 1 amide bonds. The number of amides is 1. The van der Waals surface area contributed by atoms with Gasteiger partial charge >= 0.3 is 0 Å². The zero-order chi connectivity index (χ0) is 16.4. The Balaban J connectivity index is 1.91. The van der Waals surface area contributed by atoms with Crippen molar-refractivity contribution in [1.29, 1.82) is 5.26 Å². The van der Waals surface area contributed by atoms with Gasteiger partial charge in [-0.1, -0.05) is 18.9 Å². The summed E-state index contributed by atoms with van der Waals surface area (Å²) >= 11 is 0. The predicted molar refractivity (Wildman–Crippen MR) is 86.6 cm³/mol. The van der Waals surface area contributed by atoms with Crippen molar-refractivity contribution in [2.24, 2.45) is 0 Å². The quantitative estimate of drug-likeness (QED) is 0.849. The summed E-state index contributed by atoms with van der Waals surface area (Å²) in [6, 6.07) is 8.58. The first-order valence-electron chi connectivity index (χ1n) is 8.03. The highest BCUT2D eigenvalue weighted by Crippen LogP contribution is 2.30. The molecule has 3 rings (SSSR count). The van der Waals surface area contributed by atoms with Crippen LogP contribution >= 0.6 is 0 Å². The van der Waals surface area contributed by atoms with Gasteiger partial charge in [-0.15, -0.1) is 0 Å². The van der Waals surface area contributed by atoms with Crippen molar-refractivity contribution in [2.75, 3.05) is 11.5 Å². The fourth-order valence-corrected chi connectivity index (χ4v) is 5.39. The predicted octanol–water partition coefficient (Wildman–Crippen LogP) is 2.13. The van der Waals surface area contributed by atoms with Crippen molar-refractivity contribution in [1.82, 2.24) is 4.90 Å². The van der Waals surface area contributed by atoms with Crippen molar-refractivity contribution in [3.8, 4) is 6.07 Å². The highest BCUT2D eigenvalue weighted by atomic mass is 32.2. The minimum atomic E-state index is -3.04. The second-order valence-electron chi connectivity index (χ2n) is 6.40. The molecule has 1 saturated heterocycles. The lowest BCUT2D eigenvalue weighted by Crippen LogP contribution is -2.46. The summed E-state index contributed by atoms with van der Waals surface area (Å²) in [5, 5.41) is 9.02. The average molecular weight is 332 g/mol. The van der Waals surface area contributed by atoms with E-state index in [9.17, 15) is 13.2 Å². The van der Waals surface area contributed by atoms with Crippen LogP contribution in [-0.2, 0) is 9.84 Å². The number of rotatable bonds is 3. The topological polar surface area (TPSA) is 78.2 Å². The van der Waals surface area contributed by atoms with Crippen molar-refractivity contribution in [3.05, 3.63) is 35.4 Å². The molecule has 122 valence electrons. The summed E-state index contributed by atoms with van der Waals surface area (Å²) < 4.78 is 23.7. The van der Waals surface area contributed by atoms with Crippen LogP contribution in [-0.4, -0.2) is 42.8 Å². The number of carbonyl (C=O) groups excluding carboxylic acids is 1. The molecular formula is C17H20N2O3S. The monoisotopic (exact) mass is 332 g/mol. The maximum Gasteiger partial charge on any atom is 0.254 e. The van der Waals surface area contributed by atoms with Gasteiger partial charge in [-0.05, 0) is 37.5 Å². The third-order valence-electron chi connectivity index (χ3n) is 4.79. The van der Waals surface area contributed by atoms with Gasteiger partial charge in [0.1, 0.15) is 0 Å². The number of benzene rings is 1. The van der Waals surface area contributed by atoms with E-state index < -0.39 is 9.84 Å². The van der Waals surface area contributed by atoms with Gasteiger partial charge < -0.3 is 4.90 Å². The summed E-state index contributed by atoms with van der Waals surface area (Å²) in [7, 11) is -3.04. The number of nitrogens with zero attached hydrogens (tertiary/aromatic N) is 2. The van der Waals surface area contributed by atoms with E-state index in [2.05, 4.69) is 0 Å². The van der Waals surface area contributed by atoms with E-state index in [4.69, 9.17) is 5.26 Å². The largest absolute Gasteiger partial charge is 0.332 e. The molecule has 6 heteroatoms. The minimum absolute atomic E-state index is 0.0627. The summed E-state index contributed by atoms with van der Waals surface area (Å²) in [5.74, 6) is 0.0793. The number of hydrogen-bond donors (Lipinski definition) is 0. The lowest BCUT2D eigenvalue weighted by atomic mass is 10.1. The van der Waals surface area contributed by atoms with Crippen molar-refractivity contribution >= 4 is 15.7 Å². The molecule has 0 spiro atoms. The maximum atomic E-state index is 13.0. The molecule has 2 aliphatic rings. The van der Waals surface area contributed by atoms with E-state index in [1.54, 1.807) is 29.2 Å². The molecule has 1 atom stereocenters. The molecule has 1 aromatic carbocycles. The van der Waals surface area contributed by atoms with E-state index in [-0.39, 0.29) is 29.5 Å². The Morgan fingerprint density at radius 2 is 1.91 bits per heavy atom. The smallest absolute Gasteiger partial charge is 0.254 e. The highest BCUT2D eigenvalue weighted by Gasteiger charge is 2.39. The van der Waals surface area contributed by atoms with Gasteiger partial charge in [0, 0.05) is 17.6 Å². The molecule has 0 aromatic heterocycles. The van der Waals surface area contributed by atoms with E-state index in [0.29, 0.717) is 17.5 Å². The third kappa shape index (κ3) is 3.40. The Morgan fingerprint density at radius 1 is 1.17 bits per heavy atom. The van der Waals surface area contributed by atoms with Crippen LogP contribution in [0, 0.1) is 11.3 Å². The zero-order valence-electron chi connectivity index (χ0n) is 12.9. The molecule has 1 aliphatic heterocycles. The van der Waals surface area contributed by atoms with E-state index in [0.717, 1.165) is 25.7 Å². The van der Waals surface area contributed by atoms with Crippen LogP contribution in [0.4, 0.5) is 0 Å². The van der Waals surface area contributed by atoms with Crippen LogP contribution in [0.25, 0.3) is 0 Å². The summed E-state index contributed by atoms with van der Waals surface area (Å²) in [4.78, 5) is 14.8. The number of nitriles is 1. The van der Waals surface area contributed by atoms with Gasteiger partial charge in [-0.3, -0.25) is 4.79 Å². The Hall–Kier alpha value is -1.87. The standard InChI is InChI=1S/C17H20N2O3S/c18-11-13-4-3-5-14(10-13)17(20)19(15-6-1-2-7-15)16-8-9-23(21,22)12-16/h3-5,10,15-16H,1-2,6-9,12H2. The first kappa shape index (κ1) is 16.0. The average Bonchev–Trinajstić information content (AvgIpc) is 3.18. The number of carbonyl (C=O) groups is 1. The fourth-order valence-electron chi connectivity index (χ4n) is 3.68. The Bertz CT molecular complexity index is 745. The zero-order valence-corrected chi connectivity index (χ0v) is 13.8. The van der Waals surface area contributed by atoms with E-state index in [1.807, 2.05) is 6.07 Å². The molecule has 0 N–H and O–H groups in total. The molecule has 0 bridgehead atoms. The van der Waals surface area contributed by atoms with Gasteiger partial charge in [0.2, 0.25) is 0 Å². The Labute approximate surface area is 136 Å². The Morgan fingerprint density at radius 3 is 2.52 bits per heavy atom. The summed E-state index contributed by atoms with van der Waals surface area (Å²) in [6.45, 7) is 0. The lowest BCUT2D eigenvalue weighted by Gasteiger charge is -2.34. The van der Waals surface area contributed by atoms with Crippen molar-refractivity contribution in [3.63, 3.8) is 0 Å². The van der Waals surface area contributed by atoms with Crippen LogP contribution in [0.5, 0.6) is 0 Å². The van der Waals surface area contributed by atoms with Crippen LogP contribution < -0.4 is 0 Å².